The fourth-order valence-corrected chi connectivity index (χ4v) is 2.80. The summed E-state index contributed by atoms with van der Waals surface area (Å²) in [6, 6.07) is 4.97. The number of carbonyl (C=O) groups excluding carboxylic acids is 1. The third-order valence-electron chi connectivity index (χ3n) is 3.51. The Labute approximate surface area is 115 Å². The summed E-state index contributed by atoms with van der Waals surface area (Å²) in [4.78, 5) is 13.1. The van der Waals surface area contributed by atoms with Gasteiger partial charge in [-0.15, -0.1) is 0 Å². The van der Waals surface area contributed by atoms with Gasteiger partial charge in [-0.1, -0.05) is 15.9 Å². The van der Waals surface area contributed by atoms with Crippen molar-refractivity contribution in [3.8, 4) is 0 Å². The second-order valence-electron chi connectivity index (χ2n) is 4.96. The third kappa shape index (κ3) is 3.31. The minimum atomic E-state index is -0.201. The van der Waals surface area contributed by atoms with Gasteiger partial charge in [-0.25, -0.2) is 4.39 Å². The number of hydrogen-bond donors (Lipinski definition) is 0. The van der Waals surface area contributed by atoms with Crippen LogP contribution in [0.25, 0.3) is 0 Å². The van der Waals surface area contributed by atoms with E-state index in [2.05, 4.69) is 15.9 Å². The van der Waals surface area contributed by atoms with Gasteiger partial charge in [0.1, 0.15) is 11.6 Å². The zero-order valence-corrected chi connectivity index (χ0v) is 12.0. The predicted octanol–water partition coefficient (Wildman–Crippen LogP) is 3.78. The summed E-state index contributed by atoms with van der Waals surface area (Å²) >= 11 is 3.36. The van der Waals surface area contributed by atoms with Crippen LogP contribution in [-0.4, -0.2) is 19.4 Å². The van der Waals surface area contributed by atoms with Crippen LogP contribution < -0.4 is 4.90 Å². The SMILES string of the molecule is CN(CC1CCC(=O)CC1)c1cc(Br)ccc1F. The van der Waals surface area contributed by atoms with Crippen LogP contribution >= 0.6 is 15.9 Å². The van der Waals surface area contributed by atoms with Crippen LogP contribution in [0.1, 0.15) is 25.7 Å². The average molecular weight is 314 g/mol. The molecule has 4 heteroatoms. The van der Waals surface area contributed by atoms with Gasteiger partial charge in [-0.05, 0) is 37.0 Å². The highest BCUT2D eigenvalue weighted by Crippen LogP contribution is 2.27. The fraction of sp³-hybridized carbons (Fsp3) is 0.500. The molecule has 0 atom stereocenters. The highest BCUT2D eigenvalue weighted by atomic mass is 79.9. The number of Topliss-reactive ketones (excluding diaryl/α,β-unsaturated/α-hetero) is 1. The molecular weight excluding hydrogens is 297 g/mol. The van der Waals surface area contributed by atoms with Gasteiger partial charge in [0.05, 0.1) is 5.69 Å². The van der Waals surface area contributed by atoms with E-state index in [0.29, 0.717) is 30.2 Å². The molecule has 0 bridgehead atoms. The van der Waals surface area contributed by atoms with Crippen molar-refractivity contribution < 1.29 is 9.18 Å². The van der Waals surface area contributed by atoms with Crippen LogP contribution in [-0.2, 0) is 4.79 Å². The summed E-state index contributed by atoms with van der Waals surface area (Å²) in [5, 5.41) is 0. The first-order valence-corrected chi connectivity index (χ1v) is 7.03. The van der Waals surface area contributed by atoms with Gasteiger partial charge in [-0.3, -0.25) is 4.79 Å². The molecule has 0 heterocycles. The van der Waals surface area contributed by atoms with Crippen molar-refractivity contribution in [2.75, 3.05) is 18.5 Å². The number of hydrogen-bond acceptors (Lipinski definition) is 2. The Kier molecular flexibility index (Phi) is 4.38. The quantitative estimate of drug-likeness (QED) is 0.846. The minimum Gasteiger partial charge on any atom is -0.372 e. The highest BCUT2D eigenvalue weighted by Gasteiger charge is 2.21. The standard InChI is InChI=1S/C14H17BrFNO/c1-17(9-10-2-5-12(18)6-3-10)14-8-11(15)4-7-13(14)16/h4,7-8,10H,2-3,5-6,9H2,1H3. The number of anilines is 1. The summed E-state index contributed by atoms with van der Waals surface area (Å²) in [5.41, 5.74) is 0.612. The summed E-state index contributed by atoms with van der Waals surface area (Å²) in [6.07, 6.45) is 3.22. The smallest absolute Gasteiger partial charge is 0.146 e. The van der Waals surface area contributed by atoms with Gasteiger partial charge >= 0.3 is 0 Å². The van der Waals surface area contributed by atoms with Crippen molar-refractivity contribution in [3.05, 3.63) is 28.5 Å². The van der Waals surface area contributed by atoms with Crippen molar-refractivity contribution in [2.45, 2.75) is 25.7 Å². The molecule has 1 aliphatic rings. The summed E-state index contributed by atoms with van der Waals surface area (Å²) in [5.74, 6) is 0.654. The Morgan fingerprint density at radius 3 is 2.72 bits per heavy atom. The molecule has 1 aliphatic carbocycles. The number of halogens is 2. The Hall–Kier alpha value is -0.900. The first-order chi connectivity index (χ1) is 8.56. The Morgan fingerprint density at radius 1 is 1.39 bits per heavy atom. The van der Waals surface area contributed by atoms with Crippen molar-refractivity contribution >= 4 is 27.4 Å². The van der Waals surface area contributed by atoms with Gasteiger partial charge in [-0.2, -0.15) is 0 Å². The van der Waals surface area contributed by atoms with Crippen LogP contribution in [0.5, 0.6) is 0 Å². The van der Waals surface area contributed by atoms with E-state index in [1.165, 1.54) is 6.07 Å². The maximum atomic E-state index is 13.7. The van der Waals surface area contributed by atoms with E-state index in [1.54, 1.807) is 12.1 Å². The second-order valence-corrected chi connectivity index (χ2v) is 5.87. The number of rotatable bonds is 3. The lowest BCUT2D eigenvalue weighted by Gasteiger charge is -2.28. The Morgan fingerprint density at radius 2 is 2.06 bits per heavy atom. The Bertz CT molecular complexity index is 439. The molecule has 0 N–H and O–H groups in total. The normalized spacial score (nSPS) is 16.9. The molecule has 0 saturated heterocycles. The first kappa shape index (κ1) is 13.5. The number of ketones is 1. The zero-order chi connectivity index (χ0) is 13.1. The predicted molar refractivity (Wildman–Crippen MR) is 74.3 cm³/mol. The summed E-state index contributed by atoms with van der Waals surface area (Å²) in [6.45, 7) is 0.806. The molecule has 2 rings (SSSR count). The molecule has 2 nitrogen and oxygen atoms in total. The largest absolute Gasteiger partial charge is 0.372 e. The van der Waals surface area contributed by atoms with E-state index in [9.17, 15) is 9.18 Å². The van der Waals surface area contributed by atoms with E-state index >= 15 is 0 Å². The van der Waals surface area contributed by atoms with E-state index in [4.69, 9.17) is 0 Å². The lowest BCUT2D eigenvalue weighted by molar-refractivity contribution is -0.120. The number of carbonyl (C=O) groups is 1. The average Bonchev–Trinajstić information content (AvgIpc) is 2.35. The molecule has 0 unspecified atom stereocenters. The molecule has 1 aromatic carbocycles. The fourth-order valence-electron chi connectivity index (χ4n) is 2.45. The van der Waals surface area contributed by atoms with Crippen LogP contribution in [0.3, 0.4) is 0 Å². The maximum absolute atomic E-state index is 13.7. The van der Waals surface area contributed by atoms with E-state index < -0.39 is 0 Å². The molecule has 0 aromatic heterocycles. The topological polar surface area (TPSA) is 20.3 Å². The molecule has 18 heavy (non-hydrogen) atoms. The Balaban J connectivity index is 2.00. The first-order valence-electron chi connectivity index (χ1n) is 6.24. The summed E-state index contributed by atoms with van der Waals surface area (Å²) in [7, 11) is 1.90. The number of nitrogens with zero attached hydrogens (tertiary/aromatic N) is 1. The van der Waals surface area contributed by atoms with Gasteiger partial charge in [0.15, 0.2) is 0 Å². The third-order valence-corrected chi connectivity index (χ3v) is 4.01. The molecule has 1 aromatic rings. The summed E-state index contributed by atoms with van der Waals surface area (Å²) < 4.78 is 14.6. The van der Waals surface area contributed by atoms with Crippen molar-refractivity contribution in [3.63, 3.8) is 0 Å². The monoisotopic (exact) mass is 313 g/mol. The number of benzene rings is 1. The van der Waals surface area contributed by atoms with Crippen LogP contribution in [0.4, 0.5) is 10.1 Å². The van der Waals surface area contributed by atoms with Crippen LogP contribution in [0.15, 0.2) is 22.7 Å². The zero-order valence-electron chi connectivity index (χ0n) is 10.5. The molecule has 1 saturated carbocycles. The van der Waals surface area contributed by atoms with Crippen LogP contribution in [0, 0.1) is 11.7 Å². The molecule has 0 aliphatic heterocycles. The molecule has 1 fully saturated rings. The lowest BCUT2D eigenvalue weighted by Crippen LogP contribution is -2.29. The molecular formula is C14H17BrFNO. The highest BCUT2D eigenvalue weighted by molar-refractivity contribution is 9.10. The van der Waals surface area contributed by atoms with Gasteiger partial charge < -0.3 is 4.90 Å². The van der Waals surface area contributed by atoms with Crippen molar-refractivity contribution in [1.82, 2.24) is 0 Å². The van der Waals surface area contributed by atoms with Gasteiger partial charge in [0.2, 0.25) is 0 Å². The van der Waals surface area contributed by atoms with E-state index in [0.717, 1.165) is 23.9 Å². The van der Waals surface area contributed by atoms with Gasteiger partial charge in [0, 0.05) is 30.9 Å². The van der Waals surface area contributed by atoms with E-state index in [1.807, 2.05) is 11.9 Å². The minimum absolute atomic E-state index is 0.201. The van der Waals surface area contributed by atoms with Crippen molar-refractivity contribution in [1.29, 1.82) is 0 Å². The van der Waals surface area contributed by atoms with Gasteiger partial charge in [0.25, 0.3) is 0 Å². The molecule has 0 amide bonds. The maximum Gasteiger partial charge on any atom is 0.146 e. The second kappa shape index (κ2) is 5.83. The van der Waals surface area contributed by atoms with Crippen LogP contribution in [0.2, 0.25) is 0 Å². The molecule has 0 radical (unpaired) electrons. The van der Waals surface area contributed by atoms with Crippen molar-refractivity contribution in [2.24, 2.45) is 5.92 Å². The molecule has 98 valence electrons. The van der Waals surface area contributed by atoms with E-state index in [-0.39, 0.29) is 5.82 Å². The lowest BCUT2D eigenvalue weighted by atomic mass is 9.88. The molecule has 0 spiro atoms.